The van der Waals surface area contributed by atoms with Crippen molar-refractivity contribution in [3.63, 3.8) is 0 Å². The van der Waals surface area contributed by atoms with E-state index in [1.54, 1.807) is 7.05 Å². The highest BCUT2D eigenvalue weighted by atomic mass is 19.1. The zero-order chi connectivity index (χ0) is 7.82. The minimum absolute atomic E-state index is 0.424. The van der Waals surface area contributed by atoms with Crippen LogP contribution in [0.3, 0.4) is 0 Å². The van der Waals surface area contributed by atoms with Gasteiger partial charge in [0.05, 0.1) is 0 Å². The molecule has 62 valence electrons. The molecule has 0 spiro atoms. The van der Waals surface area contributed by atoms with Crippen LogP contribution in [0.2, 0.25) is 0 Å². The van der Waals surface area contributed by atoms with Gasteiger partial charge >= 0.3 is 0 Å². The van der Waals surface area contributed by atoms with Gasteiger partial charge in [0.2, 0.25) is 0 Å². The molecule has 0 radical (unpaired) electrons. The molecular weight excluding hydrogens is 133 g/mol. The predicted molar refractivity (Wildman–Crippen MR) is 39.9 cm³/mol. The molecule has 0 rings (SSSR count). The van der Waals surface area contributed by atoms with Gasteiger partial charge in [-0.1, -0.05) is 0 Å². The van der Waals surface area contributed by atoms with Crippen LogP contribution in [0.25, 0.3) is 0 Å². The molecular formula is C7H16FNO. The van der Waals surface area contributed by atoms with E-state index >= 15 is 0 Å². The van der Waals surface area contributed by atoms with Crippen molar-refractivity contribution >= 4 is 0 Å². The first kappa shape index (κ1) is 9.85. The molecule has 0 saturated heterocycles. The molecule has 0 aromatic heterocycles. The quantitative estimate of drug-likeness (QED) is 0.568. The molecule has 1 N–H and O–H groups in total. The van der Waals surface area contributed by atoms with Crippen LogP contribution in [0.15, 0.2) is 0 Å². The topological polar surface area (TPSA) is 21.3 Å². The standard InChI is InChI=1S/C7H16FNO/c1-3-10-5-4-7(8)6-9-2/h7,9H,3-6H2,1-2H3/t7-/m0/s1. The smallest absolute Gasteiger partial charge is 0.115 e. The fraction of sp³-hybridized carbons (Fsp3) is 1.00. The number of alkyl halides is 1. The van der Waals surface area contributed by atoms with Gasteiger partial charge in [0.15, 0.2) is 0 Å². The number of hydrogen-bond donors (Lipinski definition) is 1. The van der Waals surface area contributed by atoms with Gasteiger partial charge in [0.25, 0.3) is 0 Å². The molecule has 0 fully saturated rings. The van der Waals surface area contributed by atoms with Gasteiger partial charge in [-0.2, -0.15) is 0 Å². The number of halogens is 1. The van der Waals surface area contributed by atoms with Crippen molar-refractivity contribution in [1.29, 1.82) is 0 Å². The molecule has 10 heavy (non-hydrogen) atoms. The first-order chi connectivity index (χ1) is 4.81. The maximum absolute atomic E-state index is 12.6. The highest BCUT2D eigenvalue weighted by molar-refractivity contribution is 4.56. The summed E-state index contributed by atoms with van der Waals surface area (Å²) in [6.07, 6.45) is -0.272. The lowest BCUT2D eigenvalue weighted by molar-refractivity contribution is 0.122. The summed E-state index contributed by atoms with van der Waals surface area (Å²) in [5.74, 6) is 0. The van der Waals surface area contributed by atoms with Crippen LogP contribution in [0.5, 0.6) is 0 Å². The Bertz CT molecular complexity index is 70.6. The van der Waals surface area contributed by atoms with Crippen LogP contribution in [-0.2, 0) is 4.74 Å². The SMILES string of the molecule is CCOCC[C@H](F)CNC. The molecule has 0 saturated carbocycles. The van der Waals surface area contributed by atoms with E-state index in [0.717, 1.165) is 0 Å². The normalized spacial score (nSPS) is 13.5. The van der Waals surface area contributed by atoms with Gasteiger partial charge in [-0.15, -0.1) is 0 Å². The lowest BCUT2D eigenvalue weighted by Crippen LogP contribution is -2.21. The largest absolute Gasteiger partial charge is 0.382 e. The summed E-state index contributed by atoms with van der Waals surface area (Å²) in [5, 5.41) is 2.76. The third-order valence-electron chi connectivity index (χ3n) is 1.21. The van der Waals surface area contributed by atoms with E-state index in [2.05, 4.69) is 5.32 Å². The zero-order valence-electron chi connectivity index (χ0n) is 6.69. The van der Waals surface area contributed by atoms with Crippen LogP contribution < -0.4 is 5.32 Å². The Morgan fingerprint density at radius 3 is 2.80 bits per heavy atom. The third kappa shape index (κ3) is 5.98. The summed E-state index contributed by atoms with van der Waals surface area (Å²) < 4.78 is 17.6. The monoisotopic (exact) mass is 149 g/mol. The fourth-order valence-electron chi connectivity index (χ4n) is 0.679. The number of nitrogens with one attached hydrogen (secondary N) is 1. The maximum Gasteiger partial charge on any atom is 0.115 e. The van der Waals surface area contributed by atoms with E-state index in [1.165, 1.54) is 0 Å². The van der Waals surface area contributed by atoms with E-state index in [9.17, 15) is 4.39 Å². The van der Waals surface area contributed by atoms with E-state index in [4.69, 9.17) is 4.74 Å². The van der Waals surface area contributed by atoms with Gasteiger partial charge in [-0.25, -0.2) is 4.39 Å². The summed E-state index contributed by atoms with van der Waals surface area (Å²) in [6.45, 7) is 3.53. The fourth-order valence-corrected chi connectivity index (χ4v) is 0.679. The van der Waals surface area contributed by atoms with Gasteiger partial charge in [0, 0.05) is 26.2 Å². The average Bonchev–Trinajstić information content (AvgIpc) is 1.89. The maximum atomic E-state index is 12.6. The molecule has 0 aliphatic rings. The Morgan fingerprint density at radius 2 is 2.30 bits per heavy atom. The Kier molecular flexibility index (Phi) is 6.86. The predicted octanol–water partition coefficient (Wildman–Crippen LogP) is 0.971. The number of hydrogen-bond acceptors (Lipinski definition) is 2. The van der Waals surface area contributed by atoms with Crippen molar-refractivity contribution in [2.24, 2.45) is 0 Å². The summed E-state index contributed by atoms with van der Waals surface area (Å²) in [4.78, 5) is 0. The summed E-state index contributed by atoms with van der Waals surface area (Å²) in [7, 11) is 1.74. The van der Waals surface area contributed by atoms with E-state index in [0.29, 0.717) is 26.2 Å². The minimum Gasteiger partial charge on any atom is -0.382 e. The van der Waals surface area contributed by atoms with E-state index in [-0.39, 0.29) is 0 Å². The summed E-state index contributed by atoms with van der Waals surface area (Å²) >= 11 is 0. The second-order valence-electron chi connectivity index (χ2n) is 2.14. The van der Waals surface area contributed by atoms with Crippen molar-refractivity contribution in [2.45, 2.75) is 19.5 Å². The zero-order valence-corrected chi connectivity index (χ0v) is 6.69. The van der Waals surface area contributed by atoms with Crippen LogP contribution in [0.4, 0.5) is 4.39 Å². The first-order valence-electron chi connectivity index (χ1n) is 3.67. The van der Waals surface area contributed by atoms with Crippen molar-refractivity contribution < 1.29 is 9.13 Å². The van der Waals surface area contributed by atoms with Crippen molar-refractivity contribution in [2.75, 3.05) is 26.8 Å². The van der Waals surface area contributed by atoms with Crippen LogP contribution in [0, 0.1) is 0 Å². The van der Waals surface area contributed by atoms with Crippen LogP contribution in [-0.4, -0.2) is 33.0 Å². The lowest BCUT2D eigenvalue weighted by atomic mass is 10.3. The van der Waals surface area contributed by atoms with Gasteiger partial charge in [0.1, 0.15) is 6.17 Å². The Morgan fingerprint density at radius 1 is 1.60 bits per heavy atom. The van der Waals surface area contributed by atoms with Gasteiger partial charge < -0.3 is 10.1 Å². The molecule has 0 aromatic rings. The molecule has 0 aliphatic carbocycles. The molecule has 1 atom stereocenters. The van der Waals surface area contributed by atoms with E-state index < -0.39 is 6.17 Å². The lowest BCUT2D eigenvalue weighted by Gasteiger charge is -2.06. The highest BCUT2D eigenvalue weighted by Crippen LogP contribution is 1.95. The molecule has 0 heterocycles. The second-order valence-corrected chi connectivity index (χ2v) is 2.14. The molecule has 0 aliphatic heterocycles. The molecule has 3 heteroatoms. The first-order valence-corrected chi connectivity index (χ1v) is 3.67. The minimum atomic E-state index is -0.767. The van der Waals surface area contributed by atoms with E-state index in [1.807, 2.05) is 6.92 Å². The average molecular weight is 149 g/mol. The summed E-state index contributed by atoms with van der Waals surface area (Å²) in [6, 6.07) is 0. The van der Waals surface area contributed by atoms with Gasteiger partial charge in [-0.3, -0.25) is 0 Å². The number of rotatable bonds is 6. The van der Waals surface area contributed by atoms with Crippen molar-refractivity contribution in [3.05, 3.63) is 0 Å². The Balaban J connectivity index is 2.97. The third-order valence-corrected chi connectivity index (χ3v) is 1.21. The molecule has 0 unspecified atom stereocenters. The van der Waals surface area contributed by atoms with Gasteiger partial charge in [-0.05, 0) is 14.0 Å². The Labute approximate surface area is 61.8 Å². The van der Waals surface area contributed by atoms with Crippen LogP contribution in [0.1, 0.15) is 13.3 Å². The molecule has 2 nitrogen and oxygen atoms in total. The highest BCUT2D eigenvalue weighted by Gasteiger charge is 2.02. The molecule has 0 aromatic carbocycles. The second kappa shape index (κ2) is 6.96. The number of ether oxygens (including phenoxy) is 1. The summed E-state index contributed by atoms with van der Waals surface area (Å²) in [5.41, 5.74) is 0. The Hall–Kier alpha value is -0.150. The molecule has 0 amide bonds. The van der Waals surface area contributed by atoms with Crippen molar-refractivity contribution in [3.8, 4) is 0 Å². The molecule has 0 bridgehead atoms. The van der Waals surface area contributed by atoms with Crippen molar-refractivity contribution in [1.82, 2.24) is 5.32 Å². The van der Waals surface area contributed by atoms with Crippen LogP contribution >= 0.6 is 0 Å².